The second-order valence-corrected chi connectivity index (χ2v) is 2.27. The Kier molecular flexibility index (Phi) is 1.33. The molecule has 4 heteroatoms. The van der Waals surface area contributed by atoms with Gasteiger partial charge in [-0.2, -0.15) is 5.26 Å². The molecule has 0 aromatic heterocycles. The van der Waals surface area contributed by atoms with E-state index >= 15 is 0 Å². The number of hydrogen-bond acceptors (Lipinski definition) is 1. The van der Waals surface area contributed by atoms with Crippen LogP contribution in [0.5, 0.6) is 0 Å². The molecule has 0 aromatic rings. The van der Waals surface area contributed by atoms with Crippen LogP contribution in [0.3, 0.4) is 0 Å². The molecular weight excluding hydrogens is 138 g/mol. The average molecular weight is 142 g/mol. The summed E-state index contributed by atoms with van der Waals surface area (Å²) < 4.78 is 24.5. The average Bonchev–Trinajstić information content (AvgIpc) is 1.84. The lowest BCUT2D eigenvalue weighted by Crippen LogP contribution is -2.48. The summed E-state index contributed by atoms with van der Waals surface area (Å²) in [6.45, 7) is 6.41. The first-order valence-corrected chi connectivity index (χ1v) is 2.76. The summed E-state index contributed by atoms with van der Waals surface area (Å²) >= 11 is 0. The molecule has 2 unspecified atom stereocenters. The minimum absolute atomic E-state index is 0.450. The van der Waals surface area contributed by atoms with Crippen molar-refractivity contribution in [1.29, 1.82) is 5.26 Å². The lowest BCUT2D eigenvalue weighted by atomic mass is 9.77. The highest BCUT2D eigenvalue weighted by molar-refractivity contribution is 5.14. The van der Waals surface area contributed by atoms with Crippen molar-refractivity contribution in [3.05, 3.63) is 11.4 Å². The van der Waals surface area contributed by atoms with Crippen LogP contribution < -0.4 is 0 Å². The minimum atomic E-state index is -2.91. The van der Waals surface area contributed by atoms with E-state index in [1.807, 2.05) is 0 Å². The van der Waals surface area contributed by atoms with Crippen LogP contribution in [-0.4, -0.2) is 12.0 Å². The van der Waals surface area contributed by atoms with Crippen molar-refractivity contribution >= 4 is 0 Å². The second-order valence-electron chi connectivity index (χ2n) is 2.27. The van der Waals surface area contributed by atoms with Crippen molar-refractivity contribution in [2.24, 2.45) is 5.92 Å². The Hall–Kier alpha value is -1.16. The molecule has 0 aromatic carbocycles. The van der Waals surface area contributed by atoms with Crippen LogP contribution >= 0.6 is 0 Å². The highest BCUT2D eigenvalue weighted by Crippen LogP contribution is 2.44. The van der Waals surface area contributed by atoms with Crippen LogP contribution in [0, 0.1) is 23.8 Å². The number of hydrogen-bond donors (Lipinski definition) is 0. The first-order chi connectivity index (χ1) is 4.61. The second kappa shape index (κ2) is 1.91. The van der Waals surface area contributed by atoms with Crippen molar-refractivity contribution in [3.63, 3.8) is 0 Å². The molecule has 1 aliphatic rings. The molecule has 1 saturated carbocycles. The van der Waals surface area contributed by atoms with E-state index in [2.05, 4.69) is 4.85 Å². The van der Waals surface area contributed by atoms with Gasteiger partial charge in [0, 0.05) is 0 Å². The lowest BCUT2D eigenvalue weighted by Gasteiger charge is -2.31. The zero-order chi connectivity index (χ0) is 7.78. The number of nitrogens with zero attached hydrogens (tertiary/aromatic N) is 2. The van der Waals surface area contributed by atoms with Gasteiger partial charge in [-0.15, -0.1) is 0 Å². The summed E-state index contributed by atoms with van der Waals surface area (Å²) in [5.41, 5.74) is 0. The van der Waals surface area contributed by atoms with Crippen LogP contribution in [0.15, 0.2) is 0 Å². The van der Waals surface area contributed by atoms with Crippen LogP contribution in [0.2, 0.25) is 0 Å². The number of alkyl halides is 2. The first-order valence-electron chi connectivity index (χ1n) is 2.76. The summed E-state index contributed by atoms with van der Waals surface area (Å²) in [6, 6.07) is 0.651. The van der Waals surface area contributed by atoms with Crippen LogP contribution in [0.4, 0.5) is 8.78 Å². The van der Waals surface area contributed by atoms with E-state index in [1.54, 1.807) is 0 Å². The van der Waals surface area contributed by atoms with Gasteiger partial charge < -0.3 is 4.85 Å². The van der Waals surface area contributed by atoms with E-state index in [0.717, 1.165) is 0 Å². The van der Waals surface area contributed by atoms with Gasteiger partial charge in [0.1, 0.15) is 0 Å². The molecule has 0 saturated heterocycles. The Bertz CT molecular complexity index is 223. The highest BCUT2D eigenvalue weighted by atomic mass is 19.3. The molecule has 10 heavy (non-hydrogen) atoms. The third-order valence-electron chi connectivity index (χ3n) is 1.63. The Labute approximate surface area is 56.9 Å². The molecule has 1 aliphatic carbocycles. The standard InChI is InChI=1S/C6H4F2N2/c1-10-5-2-6(7,8)4(5)3-9/h4-5H,2H2. The van der Waals surface area contributed by atoms with Crippen molar-refractivity contribution < 1.29 is 8.78 Å². The van der Waals surface area contributed by atoms with Crippen LogP contribution in [-0.2, 0) is 0 Å². The molecule has 2 atom stereocenters. The van der Waals surface area contributed by atoms with Gasteiger partial charge in [-0.05, 0) is 0 Å². The predicted octanol–water partition coefficient (Wildman–Crippen LogP) is 1.45. The Morgan fingerprint density at radius 1 is 1.70 bits per heavy atom. The molecule has 0 spiro atoms. The fourth-order valence-corrected chi connectivity index (χ4v) is 0.945. The number of rotatable bonds is 0. The molecule has 0 aliphatic heterocycles. The largest absolute Gasteiger partial charge is 0.312 e. The molecule has 52 valence electrons. The fourth-order valence-electron chi connectivity index (χ4n) is 0.945. The van der Waals surface area contributed by atoms with E-state index in [-0.39, 0.29) is 0 Å². The predicted molar refractivity (Wildman–Crippen MR) is 29.1 cm³/mol. The van der Waals surface area contributed by atoms with Crippen molar-refractivity contribution in [1.82, 2.24) is 0 Å². The van der Waals surface area contributed by atoms with E-state index in [0.29, 0.717) is 0 Å². The summed E-state index contributed by atoms with van der Waals surface area (Å²) in [6.07, 6.45) is -0.450. The number of halogens is 2. The Morgan fingerprint density at radius 2 is 2.30 bits per heavy atom. The molecule has 0 heterocycles. The summed E-state index contributed by atoms with van der Waals surface area (Å²) in [7, 11) is 0. The Balaban J connectivity index is 2.68. The molecule has 1 fully saturated rings. The van der Waals surface area contributed by atoms with Crippen LogP contribution in [0.1, 0.15) is 6.42 Å². The maximum atomic E-state index is 12.3. The van der Waals surface area contributed by atoms with Gasteiger partial charge in [0.05, 0.1) is 12.5 Å². The van der Waals surface area contributed by atoms with Crippen molar-refractivity contribution in [2.75, 3.05) is 0 Å². The molecule has 1 rings (SSSR count). The van der Waals surface area contributed by atoms with Crippen molar-refractivity contribution in [2.45, 2.75) is 18.4 Å². The third-order valence-corrected chi connectivity index (χ3v) is 1.63. The third kappa shape index (κ3) is 0.733. The van der Waals surface area contributed by atoms with E-state index in [4.69, 9.17) is 11.8 Å². The zero-order valence-corrected chi connectivity index (χ0v) is 5.01. The zero-order valence-electron chi connectivity index (χ0n) is 5.01. The maximum Gasteiger partial charge on any atom is 0.278 e. The topological polar surface area (TPSA) is 28.1 Å². The smallest absolute Gasteiger partial charge is 0.278 e. The first kappa shape index (κ1) is 6.95. The van der Waals surface area contributed by atoms with Gasteiger partial charge in [-0.3, -0.25) is 0 Å². The molecule has 0 radical (unpaired) electrons. The van der Waals surface area contributed by atoms with E-state index in [9.17, 15) is 8.78 Å². The summed E-state index contributed by atoms with van der Waals surface area (Å²) in [4.78, 5) is 2.89. The van der Waals surface area contributed by atoms with Gasteiger partial charge in [-0.1, -0.05) is 0 Å². The fraction of sp³-hybridized carbons (Fsp3) is 0.667. The van der Waals surface area contributed by atoms with Gasteiger partial charge in [-0.25, -0.2) is 15.4 Å². The summed E-state index contributed by atoms with van der Waals surface area (Å²) in [5, 5.41) is 8.15. The molecule has 0 N–H and O–H groups in total. The molecule has 0 bridgehead atoms. The van der Waals surface area contributed by atoms with Gasteiger partial charge >= 0.3 is 0 Å². The lowest BCUT2D eigenvalue weighted by molar-refractivity contribution is -0.112. The molecular formula is C6H4F2N2. The normalized spacial score (nSPS) is 35.2. The monoisotopic (exact) mass is 142 g/mol. The van der Waals surface area contributed by atoms with Gasteiger partial charge in [0.2, 0.25) is 0 Å². The van der Waals surface area contributed by atoms with Gasteiger partial charge in [0.15, 0.2) is 5.92 Å². The number of nitriles is 1. The van der Waals surface area contributed by atoms with Crippen LogP contribution in [0.25, 0.3) is 4.85 Å². The van der Waals surface area contributed by atoms with E-state index in [1.165, 1.54) is 6.07 Å². The van der Waals surface area contributed by atoms with Gasteiger partial charge in [0.25, 0.3) is 12.0 Å². The van der Waals surface area contributed by atoms with Crippen molar-refractivity contribution in [3.8, 4) is 6.07 Å². The van der Waals surface area contributed by atoms with E-state index < -0.39 is 24.3 Å². The SMILES string of the molecule is [C-]#[N+]C1CC(F)(F)C1C#N. The minimum Gasteiger partial charge on any atom is -0.312 e. The maximum absolute atomic E-state index is 12.3. The quantitative estimate of drug-likeness (QED) is 0.470. The Morgan fingerprint density at radius 3 is 2.50 bits per heavy atom. The summed E-state index contributed by atoms with van der Waals surface area (Å²) in [5.74, 6) is -4.28. The highest BCUT2D eigenvalue weighted by Gasteiger charge is 2.61. The molecule has 2 nitrogen and oxygen atoms in total. The molecule has 0 amide bonds.